The maximum atomic E-state index is 12.9. The second kappa shape index (κ2) is 3.98. The molecule has 0 saturated carbocycles. The summed E-state index contributed by atoms with van der Waals surface area (Å²) in [5.74, 6) is -1.66. The number of halogens is 2. The first-order valence-electron chi connectivity index (χ1n) is 3.67. The van der Waals surface area contributed by atoms with Crippen LogP contribution in [0.4, 0.5) is 8.78 Å². The number of benzene rings is 1. The Morgan fingerprint density at radius 1 is 1.46 bits per heavy atom. The first-order chi connectivity index (χ1) is 6.09. The lowest BCUT2D eigenvalue weighted by Gasteiger charge is -2.02. The van der Waals surface area contributed by atoms with Gasteiger partial charge in [-0.05, 0) is 18.2 Å². The minimum atomic E-state index is -0.581. The van der Waals surface area contributed by atoms with E-state index in [1.165, 1.54) is 6.92 Å². The highest BCUT2D eigenvalue weighted by molar-refractivity contribution is 5.65. The lowest BCUT2D eigenvalue weighted by atomic mass is 10.2. The van der Waals surface area contributed by atoms with Crippen LogP contribution in [0.1, 0.15) is 12.5 Å². The van der Waals surface area contributed by atoms with Gasteiger partial charge in [-0.15, -0.1) is 0 Å². The molecule has 0 aliphatic heterocycles. The van der Waals surface area contributed by atoms with Gasteiger partial charge in [0.15, 0.2) is 0 Å². The number of ether oxygens (including phenoxy) is 1. The van der Waals surface area contributed by atoms with E-state index in [4.69, 9.17) is 0 Å². The first kappa shape index (κ1) is 9.64. The highest BCUT2D eigenvalue weighted by Crippen LogP contribution is 2.10. The topological polar surface area (TPSA) is 26.3 Å². The Bertz CT molecular complexity index is 323. The van der Waals surface area contributed by atoms with Crippen molar-refractivity contribution in [3.63, 3.8) is 0 Å². The minimum Gasteiger partial charge on any atom is -0.461 e. The van der Waals surface area contributed by atoms with Gasteiger partial charge in [-0.2, -0.15) is 0 Å². The molecule has 1 aromatic carbocycles. The standard InChI is InChI=1S/C9H8F2O2/c1-6(12)13-5-7-4-8(10)2-3-9(7)11/h2-4H,5H2,1H3. The molecule has 0 heterocycles. The fraction of sp³-hybridized carbons (Fsp3) is 0.222. The van der Waals surface area contributed by atoms with Gasteiger partial charge in [0.05, 0.1) is 0 Å². The zero-order chi connectivity index (χ0) is 9.84. The van der Waals surface area contributed by atoms with Crippen molar-refractivity contribution < 1.29 is 18.3 Å². The molecule has 0 spiro atoms. The normalized spacial score (nSPS) is 9.77. The summed E-state index contributed by atoms with van der Waals surface area (Å²) in [6.07, 6.45) is 0. The minimum absolute atomic E-state index is 0.0372. The molecule has 0 fully saturated rings. The maximum Gasteiger partial charge on any atom is 0.302 e. The first-order valence-corrected chi connectivity index (χ1v) is 3.67. The van der Waals surface area contributed by atoms with Crippen LogP contribution in [0.3, 0.4) is 0 Å². The lowest BCUT2D eigenvalue weighted by molar-refractivity contribution is -0.142. The number of esters is 1. The number of carbonyl (C=O) groups excluding carboxylic acids is 1. The molecule has 1 rings (SSSR count). The van der Waals surface area contributed by atoms with E-state index >= 15 is 0 Å². The van der Waals surface area contributed by atoms with Gasteiger partial charge in [0.2, 0.25) is 0 Å². The van der Waals surface area contributed by atoms with Gasteiger partial charge >= 0.3 is 5.97 Å². The second-order valence-electron chi connectivity index (χ2n) is 2.52. The third-order valence-corrected chi connectivity index (χ3v) is 1.44. The summed E-state index contributed by atoms with van der Waals surface area (Å²) >= 11 is 0. The molecular formula is C9H8F2O2. The Labute approximate surface area is 74.1 Å². The molecule has 0 atom stereocenters. The molecule has 0 aromatic heterocycles. The molecule has 4 heteroatoms. The van der Waals surface area contributed by atoms with E-state index in [0.29, 0.717) is 0 Å². The molecule has 2 nitrogen and oxygen atoms in total. The van der Waals surface area contributed by atoms with Crippen LogP contribution in [-0.4, -0.2) is 5.97 Å². The van der Waals surface area contributed by atoms with E-state index in [9.17, 15) is 13.6 Å². The summed E-state index contributed by atoms with van der Waals surface area (Å²) in [6, 6.07) is 3.00. The van der Waals surface area contributed by atoms with Crippen LogP contribution in [-0.2, 0) is 16.1 Å². The fourth-order valence-electron chi connectivity index (χ4n) is 0.833. The zero-order valence-corrected chi connectivity index (χ0v) is 7.01. The largest absolute Gasteiger partial charge is 0.461 e. The van der Waals surface area contributed by atoms with Gasteiger partial charge in [-0.1, -0.05) is 0 Å². The Morgan fingerprint density at radius 2 is 2.15 bits per heavy atom. The summed E-state index contributed by atoms with van der Waals surface area (Å²) in [4.78, 5) is 10.4. The molecule has 0 amide bonds. The van der Waals surface area contributed by atoms with Crippen molar-refractivity contribution in [2.75, 3.05) is 0 Å². The Balaban J connectivity index is 2.75. The molecule has 0 aliphatic rings. The van der Waals surface area contributed by atoms with Crippen molar-refractivity contribution in [1.29, 1.82) is 0 Å². The Hall–Kier alpha value is -1.45. The molecule has 13 heavy (non-hydrogen) atoms. The van der Waals surface area contributed by atoms with E-state index < -0.39 is 17.6 Å². The van der Waals surface area contributed by atoms with Crippen molar-refractivity contribution in [1.82, 2.24) is 0 Å². The average Bonchev–Trinajstić information content (AvgIpc) is 2.06. The molecule has 0 N–H and O–H groups in total. The Kier molecular flexibility index (Phi) is 2.95. The quantitative estimate of drug-likeness (QED) is 0.660. The van der Waals surface area contributed by atoms with Gasteiger partial charge in [0, 0.05) is 12.5 Å². The van der Waals surface area contributed by atoms with E-state index in [1.54, 1.807) is 0 Å². The predicted molar refractivity (Wildman–Crippen MR) is 41.8 cm³/mol. The molecule has 0 radical (unpaired) electrons. The van der Waals surface area contributed by atoms with Crippen molar-refractivity contribution >= 4 is 5.97 Å². The van der Waals surface area contributed by atoms with E-state index in [0.717, 1.165) is 18.2 Å². The van der Waals surface area contributed by atoms with Gasteiger partial charge in [-0.3, -0.25) is 4.79 Å². The number of carbonyl (C=O) groups is 1. The fourth-order valence-corrected chi connectivity index (χ4v) is 0.833. The molecule has 0 bridgehead atoms. The van der Waals surface area contributed by atoms with Crippen molar-refractivity contribution in [2.45, 2.75) is 13.5 Å². The van der Waals surface area contributed by atoms with Crippen LogP contribution >= 0.6 is 0 Å². The zero-order valence-electron chi connectivity index (χ0n) is 7.01. The summed E-state index contributed by atoms with van der Waals surface area (Å²) in [5.41, 5.74) is 0.0372. The van der Waals surface area contributed by atoms with Crippen LogP contribution in [0.2, 0.25) is 0 Å². The number of hydrogen-bond donors (Lipinski definition) is 0. The van der Waals surface area contributed by atoms with Gasteiger partial charge in [0.1, 0.15) is 18.2 Å². The van der Waals surface area contributed by atoms with Crippen LogP contribution < -0.4 is 0 Å². The number of rotatable bonds is 2. The summed E-state index contributed by atoms with van der Waals surface area (Å²) in [5, 5.41) is 0. The summed E-state index contributed by atoms with van der Waals surface area (Å²) < 4.78 is 29.9. The second-order valence-corrected chi connectivity index (χ2v) is 2.52. The summed E-state index contributed by atoms with van der Waals surface area (Å²) in [6.45, 7) is 0.968. The van der Waals surface area contributed by atoms with Crippen LogP contribution in [0.15, 0.2) is 18.2 Å². The molecule has 0 unspecified atom stereocenters. The maximum absolute atomic E-state index is 12.9. The van der Waals surface area contributed by atoms with Gasteiger partial charge < -0.3 is 4.74 Å². The highest BCUT2D eigenvalue weighted by Gasteiger charge is 2.04. The molecule has 0 aliphatic carbocycles. The molecule has 70 valence electrons. The SMILES string of the molecule is CC(=O)OCc1cc(F)ccc1F. The molecule has 0 saturated heterocycles. The Morgan fingerprint density at radius 3 is 2.77 bits per heavy atom. The van der Waals surface area contributed by atoms with Gasteiger partial charge in [0.25, 0.3) is 0 Å². The predicted octanol–water partition coefficient (Wildman–Crippen LogP) is 2.03. The summed E-state index contributed by atoms with van der Waals surface area (Å²) in [7, 11) is 0. The van der Waals surface area contributed by atoms with Gasteiger partial charge in [-0.25, -0.2) is 8.78 Å². The lowest BCUT2D eigenvalue weighted by Crippen LogP contribution is -2.01. The van der Waals surface area contributed by atoms with E-state index in [-0.39, 0.29) is 12.2 Å². The smallest absolute Gasteiger partial charge is 0.302 e. The van der Waals surface area contributed by atoms with Crippen LogP contribution in [0.5, 0.6) is 0 Å². The molecule has 1 aromatic rings. The monoisotopic (exact) mass is 186 g/mol. The van der Waals surface area contributed by atoms with E-state index in [1.807, 2.05) is 0 Å². The third-order valence-electron chi connectivity index (χ3n) is 1.44. The van der Waals surface area contributed by atoms with E-state index in [2.05, 4.69) is 4.74 Å². The third kappa shape index (κ3) is 2.82. The van der Waals surface area contributed by atoms with Crippen molar-refractivity contribution in [3.05, 3.63) is 35.4 Å². The average molecular weight is 186 g/mol. The highest BCUT2D eigenvalue weighted by atomic mass is 19.1. The van der Waals surface area contributed by atoms with Crippen molar-refractivity contribution in [3.8, 4) is 0 Å². The number of hydrogen-bond acceptors (Lipinski definition) is 2. The van der Waals surface area contributed by atoms with Crippen LogP contribution in [0.25, 0.3) is 0 Å². The van der Waals surface area contributed by atoms with Crippen molar-refractivity contribution in [2.24, 2.45) is 0 Å². The molecular weight excluding hydrogens is 178 g/mol. The van der Waals surface area contributed by atoms with Crippen LogP contribution in [0, 0.1) is 11.6 Å².